The molecule has 0 radical (unpaired) electrons. The van der Waals surface area contributed by atoms with Crippen LogP contribution < -0.4 is 4.74 Å². The molecule has 2 aromatic carbocycles. The lowest BCUT2D eigenvalue weighted by Gasteiger charge is -2.03. The molecule has 6 heteroatoms. The number of allylic oxidation sites excluding steroid dienone is 1. The Morgan fingerprint density at radius 3 is 2.12 bits per heavy atom. The number of hydrogen-bond acceptors (Lipinski definition) is 6. The Bertz CT molecular complexity index is 852. The van der Waals surface area contributed by atoms with E-state index in [9.17, 15) is 0 Å². The van der Waals surface area contributed by atoms with Crippen molar-refractivity contribution in [3.63, 3.8) is 0 Å². The smallest absolute Gasteiger partial charge is 0.130 e. The van der Waals surface area contributed by atoms with Crippen molar-refractivity contribution < 1.29 is 9.47 Å². The van der Waals surface area contributed by atoms with Crippen molar-refractivity contribution in [1.29, 1.82) is 10.5 Å². The molecule has 0 aromatic heterocycles. The number of nitrogens with zero attached hydrogens (tertiary/aromatic N) is 4. The van der Waals surface area contributed by atoms with Gasteiger partial charge in [0.2, 0.25) is 0 Å². The highest BCUT2D eigenvalue weighted by atomic mass is 16.6. The zero-order valence-corrected chi connectivity index (χ0v) is 13.3. The standard InChI is InChI=1S/C19H14N4O2/c20-10-15(11-21)9-14-1-3-16(4-2-14)22-23-17-5-7-18(8-6-17)24-12-19-13-25-19/h1-9,19H,12-13H2. The summed E-state index contributed by atoms with van der Waals surface area (Å²) >= 11 is 0. The maximum Gasteiger partial charge on any atom is 0.130 e. The summed E-state index contributed by atoms with van der Waals surface area (Å²) in [5, 5.41) is 25.8. The number of ether oxygens (including phenoxy) is 2. The van der Waals surface area contributed by atoms with E-state index in [2.05, 4.69) is 10.2 Å². The van der Waals surface area contributed by atoms with Gasteiger partial charge in [-0.15, -0.1) is 0 Å². The molecule has 122 valence electrons. The van der Waals surface area contributed by atoms with E-state index in [0.717, 1.165) is 23.6 Å². The van der Waals surface area contributed by atoms with Gasteiger partial charge in [-0.25, -0.2) is 0 Å². The fourth-order valence-electron chi connectivity index (χ4n) is 1.97. The van der Waals surface area contributed by atoms with E-state index >= 15 is 0 Å². The minimum absolute atomic E-state index is 0.0601. The van der Waals surface area contributed by atoms with Crippen molar-refractivity contribution in [3.8, 4) is 17.9 Å². The first-order chi connectivity index (χ1) is 12.3. The molecule has 1 aliphatic heterocycles. The highest BCUT2D eigenvalue weighted by molar-refractivity contribution is 5.63. The maximum absolute atomic E-state index is 8.75. The molecule has 1 aliphatic rings. The largest absolute Gasteiger partial charge is 0.491 e. The van der Waals surface area contributed by atoms with Crippen molar-refractivity contribution in [2.24, 2.45) is 10.2 Å². The van der Waals surface area contributed by atoms with Crippen LogP contribution in [0.4, 0.5) is 11.4 Å². The lowest BCUT2D eigenvalue weighted by atomic mass is 10.1. The van der Waals surface area contributed by atoms with Gasteiger partial charge < -0.3 is 9.47 Å². The van der Waals surface area contributed by atoms with Crippen LogP contribution in [0.3, 0.4) is 0 Å². The molecule has 0 bridgehead atoms. The highest BCUT2D eigenvalue weighted by Gasteiger charge is 2.22. The van der Waals surface area contributed by atoms with Crippen LogP contribution in [0.25, 0.3) is 6.08 Å². The van der Waals surface area contributed by atoms with Gasteiger partial charge in [0, 0.05) is 0 Å². The molecule has 1 saturated heterocycles. The molecule has 0 N–H and O–H groups in total. The summed E-state index contributed by atoms with van der Waals surface area (Å²) in [7, 11) is 0. The minimum Gasteiger partial charge on any atom is -0.491 e. The number of hydrogen-bond donors (Lipinski definition) is 0. The number of rotatable bonds is 6. The summed E-state index contributed by atoms with van der Waals surface area (Å²) in [5.74, 6) is 0.774. The Labute approximate surface area is 145 Å². The fourth-order valence-corrected chi connectivity index (χ4v) is 1.97. The number of nitriles is 2. The van der Waals surface area contributed by atoms with E-state index in [1.807, 2.05) is 36.4 Å². The van der Waals surface area contributed by atoms with Crippen LogP contribution in [0.2, 0.25) is 0 Å². The van der Waals surface area contributed by atoms with E-state index in [1.165, 1.54) is 6.08 Å². The van der Waals surface area contributed by atoms with Crippen molar-refractivity contribution in [2.75, 3.05) is 13.2 Å². The molecule has 2 aromatic rings. The van der Waals surface area contributed by atoms with Gasteiger partial charge in [-0.2, -0.15) is 20.8 Å². The molecule has 0 amide bonds. The summed E-state index contributed by atoms with van der Waals surface area (Å²) in [5.41, 5.74) is 2.22. The lowest BCUT2D eigenvalue weighted by Crippen LogP contribution is -2.03. The first kappa shape index (κ1) is 16.4. The van der Waals surface area contributed by atoms with E-state index < -0.39 is 0 Å². The predicted molar refractivity (Wildman–Crippen MR) is 91.5 cm³/mol. The second-order valence-corrected chi connectivity index (χ2v) is 5.33. The van der Waals surface area contributed by atoms with Gasteiger partial charge in [-0.05, 0) is 48.0 Å². The third-order valence-electron chi connectivity index (χ3n) is 3.40. The third-order valence-corrected chi connectivity index (χ3v) is 3.40. The summed E-state index contributed by atoms with van der Waals surface area (Å²) in [4.78, 5) is 0. The first-order valence-corrected chi connectivity index (χ1v) is 7.65. The summed E-state index contributed by atoms with van der Waals surface area (Å²) in [6.45, 7) is 1.34. The Kier molecular flexibility index (Phi) is 5.16. The zero-order chi connectivity index (χ0) is 17.5. The molecule has 0 saturated carbocycles. The summed E-state index contributed by atoms with van der Waals surface area (Å²) in [6.07, 6.45) is 1.75. The number of azo groups is 1. The van der Waals surface area contributed by atoms with Crippen molar-refractivity contribution in [1.82, 2.24) is 0 Å². The van der Waals surface area contributed by atoms with Gasteiger partial charge in [-0.3, -0.25) is 0 Å². The average molecular weight is 330 g/mol. The molecule has 6 nitrogen and oxygen atoms in total. The quantitative estimate of drug-likeness (QED) is 0.448. The molecule has 1 heterocycles. The van der Waals surface area contributed by atoms with Gasteiger partial charge in [0.15, 0.2) is 0 Å². The van der Waals surface area contributed by atoms with E-state index in [0.29, 0.717) is 12.3 Å². The van der Waals surface area contributed by atoms with Crippen LogP contribution in [-0.2, 0) is 4.74 Å². The van der Waals surface area contributed by atoms with Gasteiger partial charge in [0.25, 0.3) is 0 Å². The van der Waals surface area contributed by atoms with Crippen LogP contribution in [0.1, 0.15) is 5.56 Å². The predicted octanol–water partition coefficient (Wildman–Crippen LogP) is 4.31. The molecule has 1 atom stereocenters. The van der Waals surface area contributed by atoms with Crippen LogP contribution in [0.5, 0.6) is 5.75 Å². The summed E-state index contributed by atoms with van der Waals surface area (Å²) in [6, 6.07) is 18.1. The van der Waals surface area contributed by atoms with E-state index in [4.69, 9.17) is 20.0 Å². The van der Waals surface area contributed by atoms with Crippen molar-refractivity contribution in [2.45, 2.75) is 6.10 Å². The normalized spacial score (nSPS) is 15.2. The average Bonchev–Trinajstić information content (AvgIpc) is 3.49. The molecular weight excluding hydrogens is 316 g/mol. The first-order valence-electron chi connectivity index (χ1n) is 7.65. The second kappa shape index (κ2) is 7.87. The second-order valence-electron chi connectivity index (χ2n) is 5.33. The van der Waals surface area contributed by atoms with E-state index in [-0.39, 0.29) is 11.7 Å². The maximum atomic E-state index is 8.75. The SMILES string of the molecule is N#CC(C#N)=Cc1ccc(N=Nc2ccc(OCC3CO3)cc2)cc1. The Morgan fingerprint density at radius 1 is 1.04 bits per heavy atom. The molecule has 25 heavy (non-hydrogen) atoms. The topological polar surface area (TPSA) is 94.1 Å². The molecule has 3 rings (SSSR count). The Hall–Kier alpha value is -3.48. The Balaban J connectivity index is 1.60. The van der Waals surface area contributed by atoms with E-state index in [1.54, 1.807) is 24.3 Å². The van der Waals surface area contributed by atoms with Crippen LogP contribution in [-0.4, -0.2) is 19.3 Å². The number of benzene rings is 2. The minimum atomic E-state index is 0.0601. The Morgan fingerprint density at radius 2 is 1.60 bits per heavy atom. The third kappa shape index (κ3) is 5.00. The lowest BCUT2D eigenvalue weighted by molar-refractivity contribution is 0.263. The van der Waals surface area contributed by atoms with Crippen LogP contribution in [0, 0.1) is 22.7 Å². The van der Waals surface area contributed by atoms with Gasteiger partial charge in [0.1, 0.15) is 36.2 Å². The van der Waals surface area contributed by atoms with Gasteiger partial charge in [-0.1, -0.05) is 12.1 Å². The monoisotopic (exact) mass is 330 g/mol. The van der Waals surface area contributed by atoms with Crippen molar-refractivity contribution in [3.05, 3.63) is 59.7 Å². The summed E-state index contributed by atoms with van der Waals surface area (Å²) < 4.78 is 10.7. The van der Waals surface area contributed by atoms with Gasteiger partial charge in [0.05, 0.1) is 18.0 Å². The molecule has 1 unspecified atom stereocenters. The van der Waals surface area contributed by atoms with Crippen LogP contribution >= 0.6 is 0 Å². The number of epoxide rings is 1. The molecule has 0 spiro atoms. The van der Waals surface area contributed by atoms with Crippen LogP contribution in [0.15, 0.2) is 64.3 Å². The van der Waals surface area contributed by atoms with Crippen molar-refractivity contribution >= 4 is 17.5 Å². The molecule has 1 fully saturated rings. The highest BCUT2D eigenvalue weighted by Crippen LogP contribution is 2.22. The fraction of sp³-hybridized carbons (Fsp3) is 0.158. The molecular formula is C19H14N4O2. The van der Waals surface area contributed by atoms with Gasteiger partial charge >= 0.3 is 0 Å². The molecule has 0 aliphatic carbocycles. The zero-order valence-electron chi connectivity index (χ0n) is 13.3.